The average molecular weight is 1040 g/mol. The molecule has 22 heteroatoms. The summed E-state index contributed by atoms with van der Waals surface area (Å²) in [6, 6.07) is 9.69. The Morgan fingerprint density at radius 1 is 0.573 bits per heavy atom. The Bertz CT molecular complexity index is 2400. The molecule has 408 valence electrons. The van der Waals surface area contributed by atoms with Crippen LogP contribution in [-0.2, 0) is 68.9 Å². The quantitative estimate of drug-likeness (QED) is 0.0256. The first-order valence-electron chi connectivity index (χ1n) is 25.5. The van der Waals surface area contributed by atoms with Crippen LogP contribution in [-0.4, -0.2) is 123 Å². The van der Waals surface area contributed by atoms with Crippen molar-refractivity contribution in [2.24, 2.45) is 23.5 Å². The van der Waals surface area contributed by atoms with E-state index in [0.717, 1.165) is 11.1 Å². The number of H-pyrrole nitrogens is 2. The molecule has 4 rings (SSSR count). The van der Waals surface area contributed by atoms with E-state index in [1.165, 1.54) is 32.2 Å². The van der Waals surface area contributed by atoms with Crippen LogP contribution in [0.25, 0.3) is 0 Å². The number of aromatic nitrogens is 4. The maximum atomic E-state index is 14.4. The minimum absolute atomic E-state index is 0.0372. The third-order valence-electron chi connectivity index (χ3n) is 12.5. The topological polar surface area (TPSA) is 323 Å². The van der Waals surface area contributed by atoms with E-state index in [4.69, 9.17) is 15.2 Å². The van der Waals surface area contributed by atoms with Gasteiger partial charge in [-0.1, -0.05) is 109 Å². The molecule has 0 saturated heterocycles. The molecule has 0 aliphatic rings. The number of rotatable bonds is 31. The van der Waals surface area contributed by atoms with Crippen LogP contribution in [0.3, 0.4) is 0 Å². The SMILES string of the molecule is CC[C@H](C)[C@H](NC(=O)[C@@H](NC(=O)[C@H](CC(C)C)NC(=O)[C@H](Cc1cnc[nH]1)NC(=O)[C@H](Cc1ccccc1)NC(=O)OCc1ccccc1)C(C)C)C(=O)N[C@@H](Cc1cnc[nH]1)C(=O)N[C@@H](CCCCN)C(=O)OC. The summed E-state index contributed by atoms with van der Waals surface area (Å²) in [6.07, 6.45) is 6.86. The zero-order valence-corrected chi connectivity index (χ0v) is 44.0. The van der Waals surface area contributed by atoms with Gasteiger partial charge in [-0.3, -0.25) is 28.8 Å². The number of benzene rings is 2. The largest absolute Gasteiger partial charge is 0.467 e. The van der Waals surface area contributed by atoms with Crippen molar-refractivity contribution in [1.82, 2.24) is 57.2 Å². The van der Waals surface area contributed by atoms with Gasteiger partial charge in [-0.2, -0.15) is 0 Å². The molecule has 0 aliphatic carbocycles. The smallest absolute Gasteiger partial charge is 0.408 e. The number of imidazole rings is 2. The Hall–Kier alpha value is -7.62. The summed E-state index contributed by atoms with van der Waals surface area (Å²) in [5.74, 6) is -5.99. The highest BCUT2D eigenvalue weighted by Gasteiger charge is 2.37. The normalized spacial score (nSPS) is 14.4. The van der Waals surface area contributed by atoms with Gasteiger partial charge in [-0.05, 0) is 61.1 Å². The summed E-state index contributed by atoms with van der Waals surface area (Å²) in [6.45, 7) is 11.1. The number of nitrogens with zero attached hydrogens (tertiary/aromatic N) is 2. The molecule has 0 radical (unpaired) electrons. The molecule has 2 aromatic heterocycles. The van der Waals surface area contributed by atoms with E-state index in [9.17, 15) is 38.4 Å². The molecule has 2 aromatic carbocycles. The van der Waals surface area contributed by atoms with Crippen LogP contribution in [0.1, 0.15) is 96.2 Å². The number of hydrogen-bond donors (Lipinski definition) is 10. The van der Waals surface area contributed by atoms with E-state index in [0.29, 0.717) is 37.2 Å². The predicted octanol–water partition coefficient (Wildman–Crippen LogP) is 2.41. The van der Waals surface area contributed by atoms with E-state index in [1.54, 1.807) is 69.3 Å². The van der Waals surface area contributed by atoms with E-state index >= 15 is 0 Å². The molecule has 0 fully saturated rings. The summed E-state index contributed by atoms with van der Waals surface area (Å²) in [4.78, 5) is 125. The van der Waals surface area contributed by atoms with Crippen molar-refractivity contribution in [2.75, 3.05) is 13.7 Å². The van der Waals surface area contributed by atoms with Crippen LogP contribution in [0.2, 0.25) is 0 Å². The second-order valence-corrected chi connectivity index (χ2v) is 19.3. The van der Waals surface area contributed by atoms with Crippen molar-refractivity contribution in [3.05, 3.63) is 108 Å². The monoisotopic (exact) mass is 1040 g/mol. The number of hydrogen-bond acceptors (Lipinski definition) is 13. The van der Waals surface area contributed by atoms with Crippen LogP contribution in [0.5, 0.6) is 0 Å². The number of nitrogens with two attached hydrogens (primary N) is 1. The summed E-state index contributed by atoms with van der Waals surface area (Å²) in [5.41, 5.74) is 8.12. The first kappa shape index (κ1) is 59.9. The van der Waals surface area contributed by atoms with E-state index in [-0.39, 0.29) is 44.6 Å². The highest BCUT2D eigenvalue weighted by Crippen LogP contribution is 2.15. The molecular formula is C53H76N12O10. The molecule has 7 amide bonds. The molecule has 11 N–H and O–H groups in total. The number of esters is 1. The van der Waals surface area contributed by atoms with Gasteiger partial charge in [-0.15, -0.1) is 0 Å². The fraction of sp³-hybridized carbons (Fsp3) is 0.509. The molecule has 0 unspecified atom stereocenters. The molecule has 0 aliphatic heterocycles. The van der Waals surface area contributed by atoms with Crippen LogP contribution in [0.15, 0.2) is 85.7 Å². The van der Waals surface area contributed by atoms with Gasteiger partial charge >= 0.3 is 12.1 Å². The van der Waals surface area contributed by atoms with E-state index < -0.39 is 102 Å². The van der Waals surface area contributed by atoms with Gasteiger partial charge in [0.05, 0.1) is 19.8 Å². The van der Waals surface area contributed by atoms with E-state index in [1.807, 2.05) is 32.9 Å². The molecule has 0 bridgehead atoms. The van der Waals surface area contributed by atoms with Crippen LogP contribution < -0.4 is 43.0 Å². The summed E-state index contributed by atoms with van der Waals surface area (Å²) >= 11 is 0. The van der Waals surface area contributed by atoms with Crippen molar-refractivity contribution in [3.8, 4) is 0 Å². The predicted molar refractivity (Wildman–Crippen MR) is 279 cm³/mol. The summed E-state index contributed by atoms with van der Waals surface area (Å²) in [7, 11) is 1.21. The number of carbonyl (C=O) groups is 8. The van der Waals surface area contributed by atoms with Crippen LogP contribution in [0.4, 0.5) is 4.79 Å². The van der Waals surface area contributed by atoms with Crippen LogP contribution >= 0.6 is 0 Å². The number of aromatic amines is 2. The maximum absolute atomic E-state index is 14.4. The van der Waals surface area contributed by atoms with Crippen molar-refractivity contribution in [1.29, 1.82) is 0 Å². The standard InChI is InChI=1S/C53H76N12O10/c1-8-34(6)45(51(71)62-43(26-38-28-56-31-58-38)47(67)59-39(52(72)74-7)21-15-16-22-54)65-50(70)44(33(4)5)64-49(69)40(23-32(2)3)60-48(68)42(25-37-27-55-30-57-37)61-46(66)41(24-35-17-11-9-12-18-35)63-53(73)75-29-36-19-13-10-14-20-36/h9-14,17-20,27-28,30-34,39-45H,8,15-16,21-26,29,54H2,1-7H3,(H,55,57)(H,56,58)(H,59,67)(H,60,68)(H,61,66)(H,62,71)(H,63,73)(H,64,69)(H,65,70)/t34-,39-,40-,41-,42-,43-,44-,45-/m0/s1. The van der Waals surface area contributed by atoms with Gasteiger partial charge in [-0.25, -0.2) is 19.6 Å². The van der Waals surface area contributed by atoms with Gasteiger partial charge in [0.1, 0.15) is 48.9 Å². The van der Waals surface area contributed by atoms with Gasteiger partial charge in [0.25, 0.3) is 0 Å². The average Bonchev–Trinajstić information content (AvgIpc) is 4.12. The van der Waals surface area contributed by atoms with Gasteiger partial charge in [0.2, 0.25) is 35.4 Å². The Labute approximate surface area is 438 Å². The first-order chi connectivity index (χ1) is 35.9. The molecule has 0 saturated carbocycles. The Kier molecular flexibility index (Phi) is 24.9. The number of nitrogens with one attached hydrogen (secondary N) is 9. The summed E-state index contributed by atoms with van der Waals surface area (Å²) in [5, 5.41) is 19.3. The number of amides is 7. The van der Waals surface area contributed by atoms with Gasteiger partial charge in [0.15, 0.2) is 0 Å². The summed E-state index contributed by atoms with van der Waals surface area (Å²) < 4.78 is 10.4. The Morgan fingerprint density at radius 3 is 1.55 bits per heavy atom. The number of ether oxygens (including phenoxy) is 2. The lowest BCUT2D eigenvalue weighted by Crippen LogP contribution is -2.62. The zero-order chi connectivity index (χ0) is 54.9. The van der Waals surface area contributed by atoms with Gasteiger partial charge in [0, 0.05) is 43.0 Å². The fourth-order valence-corrected chi connectivity index (χ4v) is 8.02. The molecular weight excluding hydrogens is 965 g/mol. The van der Waals surface area contributed by atoms with E-state index in [2.05, 4.69) is 57.2 Å². The Balaban J connectivity index is 1.53. The Morgan fingerprint density at radius 2 is 1.05 bits per heavy atom. The lowest BCUT2D eigenvalue weighted by Gasteiger charge is -2.31. The minimum atomic E-state index is -1.29. The maximum Gasteiger partial charge on any atom is 0.408 e. The second-order valence-electron chi connectivity index (χ2n) is 19.3. The zero-order valence-electron chi connectivity index (χ0n) is 44.0. The highest BCUT2D eigenvalue weighted by molar-refractivity contribution is 5.97. The van der Waals surface area contributed by atoms with Crippen LogP contribution in [0, 0.1) is 17.8 Å². The van der Waals surface area contributed by atoms with Crippen molar-refractivity contribution < 1.29 is 47.8 Å². The third-order valence-corrected chi connectivity index (χ3v) is 12.5. The molecule has 2 heterocycles. The van der Waals surface area contributed by atoms with Gasteiger partial charge < -0.3 is 62.4 Å². The molecule has 8 atom stereocenters. The van der Waals surface area contributed by atoms with Crippen molar-refractivity contribution >= 4 is 47.5 Å². The van der Waals surface area contributed by atoms with Crippen molar-refractivity contribution in [2.45, 2.75) is 142 Å². The number of alkyl carbamates (subject to hydrolysis) is 1. The lowest BCUT2D eigenvalue weighted by atomic mass is 9.95. The lowest BCUT2D eigenvalue weighted by molar-refractivity contribution is -0.145. The fourth-order valence-electron chi connectivity index (χ4n) is 8.02. The molecule has 75 heavy (non-hydrogen) atoms. The number of carbonyl (C=O) groups excluding carboxylic acids is 8. The molecule has 4 aromatic rings. The molecule has 0 spiro atoms. The number of unbranched alkanes of at least 4 members (excludes halogenated alkanes) is 1. The number of methoxy groups -OCH3 is 1. The highest BCUT2D eigenvalue weighted by atomic mass is 16.5. The first-order valence-corrected chi connectivity index (χ1v) is 25.5. The van der Waals surface area contributed by atoms with Crippen molar-refractivity contribution in [3.63, 3.8) is 0 Å². The second kappa shape index (κ2) is 31.2. The molecule has 22 nitrogen and oxygen atoms in total. The minimum Gasteiger partial charge on any atom is -0.467 e. The third kappa shape index (κ3) is 20.3.